The number of halogens is 1. The predicted molar refractivity (Wildman–Crippen MR) is 58.6 cm³/mol. The molecule has 4 heteroatoms. The Hall–Kier alpha value is -1.22. The molecule has 1 aromatic carbocycles. The zero-order valence-corrected chi connectivity index (χ0v) is 9.41. The number of rotatable bonds is 4. The Kier molecular flexibility index (Phi) is 3.97. The van der Waals surface area contributed by atoms with Gasteiger partial charge in [0.1, 0.15) is 5.75 Å². The average Bonchev–Trinajstić information content (AvgIpc) is 2.08. The first-order valence-corrected chi connectivity index (χ1v) is 5.03. The van der Waals surface area contributed by atoms with Crippen molar-refractivity contribution in [3.05, 3.63) is 28.8 Å². The first kappa shape index (κ1) is 11.9. The van der Waals surface area contributed by atoms with Gasteiger partial charge in [-0.1, -0.05) is 17.7 Å². The highest BCUT2D eigenvalue weighted by atomic mass is 35.5. The van der Waals surface area contributed by atoms with Gasteiger partial charge in [0.2, 0.25) is 0 Å². The maximum atomic E-state index is 10.5. The van der Waals surface area contributed by atoms with E-state index < -0.39 is 5.97 Å². The van der Waals surface area contributed by atoms with Crippen molar-refractivity contribution >= 4 is 17.6 Å². The van der Waals surface area contributed by atoms with Crippen molar-refractivity contribution in [1.29, 1.82) is 0 Å². The number of ether oxygens (including phenoxy) is 1. The zero-order chi connectivity index (χ0) is 11.4. The molecule has 0 amide bonds. The van der Waals surface area contributed by atoms with Crippen LogP contribution in [0.15, 0.2) is 18.2 Å². The van der Waals surface area contributed by atoms with Gasteiger partial charge in [-0.05, 0) is 31.5 Å². The molecule has 0 aliphatic rings. The number of hydrogen-bond donors (Lipinski definition) is 1. The molecule has 0 aliphatic heterocycles. The summed E-state index contributed by atoms with van der Waals surface area (Å²) in [6.07, 6.45) is 0.0228. The number of carboxylic acid groups (broad SMARTS) is 1. The molecule has 0 unspecified atom stereocenters. The Morgan fingerprint density at radius 1 is 1.53 bits per heavy atom. The molecule has 82 valence electrons. The second kappa shape index (κ2) is 5.03. The van der Waals surface area contributed by atoms with Crippen molar-refractivity contribution in [3.8, 4) is 5.75 Å². The second-order valence-electron chi connectivity index (χ2n) is 3.50. The van der Waals surface area contributed by atoms with Gasteiger partial charge >= 0.3 is 5.97 Å². The molecule has 1 N–H and O–H groups in total. The number of carbonyl (C=O) groups is 1. The summed E-state index contributed by atoms with van der Waals surface area (Å²) in [4.78, 5) is 10.5. The minimum absolute atomic E-state index is 0.0261. The van der Waals surface area contributed by atoms with E-state index in [0.29, 0.717) is 16.3 Å². The number of aliphatic carboxylic acids is 1. The molecule has 0 aromatic heterocycles. The van der Waals surface area contributed by atoms with E-state index in [4.69, 9.17) is 21.4 Å². The fourth-order valence-electron chi connectivity index (χ4n) is 1.18. The summed E-state index contributed by atoms with van der Waals surface area (Å²) in [5.41, 5.74) is 0.670. The molecule has 0 spiro atoms. The van der Waals surface area contributed by atoms with Crippen LogP contribution in [0.25, 0.3) is 0 Å². The Balaban J connectivity index is 2.83. The van der Waals surface area contributed by atoms with Gasteiger partial charge in [-0.3, -0.25) is 4.79 Å². The van der Waals surface area contributed by atoms with Crippen LogP contribution >= 0.6 is 11.6 Å². The number of carboxylic acids is 1. The zero-order valence-electron chi connectivity index (χ0n) is 8.66. The van der Waals surface area contributed by atoms with Crippen molar-refractivity contribution in [2.45, 2.75) is 26.4 Å². The third kappa shape index (κ3) is 3.80. The van der Waals surface area contributed by atoms with Crippen LogP contribution in [0.2, 0.25) is 5.02 Å². The van der Waals surface area contributed by atoms with Crippen LogP contribution in [0.5, 0.6) is 5.75 Å². The maximum absolute atomic E-state index is 10.5. The molecule has 0 aliphatic carbocycles. The van der Waals surface area contributed by atoms with E-state index in [2.05, 4.69) is 0 Å². The summed E-state index contributed by atoms with van der Waals surface area (Å²) >= 11 is 5.94. The van der Waals surface area contributed by atoms with Gasteiger partial charge in [0, 0.05) is 0 Å². The largest absolute Gasteiger partial charge is 0.489 e. The van der Waals surface area contributed by atoms with E-state index in [1.807, 2.05) is 13.8 Å². The van der Waals surface area contributed by atoms with Gasteiger partial charge in [0.05, 0.1) is 17.5 Å². The highest BCUT2D eigenvalue weighted by Gasteiger charge is 2.06. The van der Waals surface area contributed by atoms with Crippen LogP contribution in [-0.4, -0.2) is 17.2 Å². The van der Waals surface area contributed by atoms with Gasteiger partial charge in [-0.2, -0.15) is 0 Å². The van der Waals surface area contributed by atoms with Crippen LogP contribution in [0.1, 0.15) is 19.4 Å². The van der Waals surface area contributed by atoms with Crippen LogP contribution in [0.4, 0.5) is 0 Å². The quantitative estimate of drug-likeness (QED) is 0.862. The third-order valence-electron chi connectivity index (χ3n) is 1.71. The molecule has 0 saturated heterocycles. The van der Waals surface area contributed by atoms with E-state index >= 15 is 0 Å². The Morgan fingerprint density at radius 2 is 2.20 bits per heavy atom. The molecule has 0 fully saturated rings. The standard InChI is InChI=1S/C11H13ClO3/c1-7(2)15-10-4-3-8(5-9(10)12)6-11(13)14/h3-5,7H,6H2,1-2H3,(H,13,14). The number of hydrogen-bond acceptors (Lipinski definition) is 2. The molecule has 0 atom stereocenters. The highest BCUT2D eigenvalue weighted by molar-refractivity contribution is 6.32. The second-order valence-corrected chi connectivity index (χ2v) is 3.91. The Labute approximate surface area is 93.6 Å². The van der Waals surface area contributed by atoms with Gasteiger partial charge in [-0.15, -0.1) is 0 Å². The highest BCUT2D eigenvalue weighted by Crippen LogP contribution is 2.26. The normalized spacial score (nSPS) is 10.4. The predicted octanol–water partition coefficient (Wildman–Crippen LogP) is 2.75. The minimum atomic E-state index is -0.872. The molecule has 0 bridgehead atoms. The molecule has 3 nitrogen and oxygen atoms in total. The molecule has 1 rings (SSSR count). The van der Waals surface area contributed by atoms with Gasteiger partial charge in [0.15, 0.2) is 0 Å². The lowest BCUT2D eigenvalue weighted by Crippen LogP contribution is -2.06. The lowest BCUT2D eigenvalue weighted by Gasteiger charge is -2.11. The summed E-state index contributed by atoms with van der Waals surface area (Å²) in [6, 6.07) is 5.02. The molecule has 0 heterocycles. The fraction of sp³-hybridized carbons (Fsp3) is 0.364. The van der Waals surface area contributed by atoms with Gasteiger partial charge in [-0.25, -0.2) is 0 Å². The summed E-state index contributed by atoms with van der Waals surface area (Å²) in [5, 5.41) is 9.04. The van der Waals surface area contributed by atoms with Crippen LogP contribution in [0.3, 0.4) is 0 Å². The van der Waals surface area contributed by atoms with E-state index in [1.165, 1.54) is 0 Å². The van der Waals surface area contributed by atoms with Crippen LogP contribution in [0, 0.1) is 0 Å². The van der Waals surface area contributed by atoms with Gasteiger partial charge < -0.3 is 9.84 Å². The topological polar surface area (TPSA) is 46.5 Å². The van der Waals surface area contributed by atoms with Crippen molar-refractivity contribution in [3.63, 3.8) is 0 Å². The lowest BCUT2D eigenvalue weighted by molar-refractivity contribution is -0.136. The summed E-state index contributed by atoms with van der Waals surface area (Å²) in [7, 11) is 0. The van der Waals surface area contributed by atoms with Crippen molar-refractivity contribution < 1.29 is 14.6 Å². The monoisotopic (exact) mass is 228 g/mol. The molecular formula is C11H13ClO3. The fourth-order valence-corrected chi connectivity index (χ4v) is 1.43. The molecule has 1 aromatic rings. The Morgan fingerprint density at radius 3 is 2.67 bits per heavy atom. The molecular weight excluding hydrogens is 216 g/mol. The molecule has 0 saturated carbocycles. The van der Waals surface area contributed by atoms with Crippen molar-refractivity contribution in [1.82, 2.24) is 0 Å². The van der Waals surface area contributed by atoms with E-state index in [1.54, 1.807) is 18.2 Å². The smallest absolute Gasteiger partial charge is 0.307 e. The lowest BCUT2D eigenvalue weighted by atomic mass is 10.1. The summed E-state index contributed by atoms with van der Waals surface area (Å²) in [6.45, 7) is 3.81. The van der Waals surface area contributed by atoms with E-state index in [0.717, 1.165) is 0 Å². The number of benzene rings is 1. The third-order valence-corrected chi connectivity index (χ3v) is 2.01. The Bertz CT molecular complexity index is 361. The molecule has 0 radical (unpaired) electrons. The average molecular weight is 229 g/mol. The maximum Gasteiger partial charge on any atom is 0.307 e. The SMILES string of the molecule is CC(C)Oc1ccc(CC(=O)O)cc1Cl. The first-order chi connectivity index (χ1) is 6.99. The van der Waals surface area contributed by atoms with Crippen LogP contribution < -0.4 is 4.74 Å². The van der Waals surface area contributed by atoms with E-state index in [-0.39, 0.29) is 12.5 Å². The first-order valence-electron chi connectivity index (χ1n) is 4.66. The summed E-state index contributed by atoms with van der Waals surface area (Å²) in [5.74, 6) is -0.288. The van der Waals surface area contributed by atoms with Crippen molar-refractivity contribution in [2.24, 2.45) is 0 Å². The van der Waals surface area contributed by atoms with E-state index in [9.17, 15) is 4.79 Å². The van der Waals surface area contributed by atoms with Crippen LogP contribution in [-0.2, 0) is 11.2 Å². The van der Waals surface area contributed by atoms with Crippen molar-refractivity contribution in [2.75, 3.05) is 0 Å². The van der Waals surface area contributed by atoms with Gasteiger partial charge in [0.25, 0.3) is 0 Å². The summed E-state index contributed by atoms with van der Waals surface area (Å²) < 4.78 is 5.43. The minimum Gasteiger partial charge on any atom is -0.489 e. The molecule has 15 heavy (non-hydrogen) atoms.